The van der Waals surface area contributed by atoms with E-state index in [0.29, 0.717) is 30.3 Å². The highest BCUT2D eigenvalue weighted by atomic mass is 19.4. The molecule has 0 aliphatic carbocycles. The van der Waals surface area contributed by atoms with Crippen LogP contribution in [0, 0.1) is 6.92 Å². The van der Waals surface area contributed by atoms with Crippen LogP contribution in [0.5, 0.6) is 0 Å². The van der Waals surface area contributed by atoms with Crippen molar-refractivity contribution in [3.8, 4) is 11.3 Å². The van der Waals surface area contributed by atoms with E-state index in [9.17, 15) is 18.0 Å². The number of halogens is 3. The van der Waals surface area contributed by atoms with Crippen molar-refractivity contribution in [3.05, 3.63) is 89.9 Å². The molecule has 2 N–H and O–H groups in total. The average Bonchev–Trinajstić information content (AvgIpc) is 3.87. The minimum atomic E-state index is -4.65. The maximum atomic E-state index is 14.0. The molecule has 0 radical (unpaired) electrons. The van der Waals surface area contributed by atoms with Crippen LogP contribution in [0.4, 0.5) is 36.2 Å². The van der Waals surface area contributed by atoms with E-state index < -0.39 is 31.7 Å². The first-order valence-corrected chi connectivity index (χ1v) is 12.4. The third kappa shape index (κ3) is 5.63. The van der Waals surface area contributed by atoms with Crippen LogP contribution >= 0.6 is 0 Å². The molecule has 14 heteroatoms. The Morgan fingerprint density at radius 3 is 2.48 bits per heavy atom. The fourth-order valence-corrected chi connectivity index (χ4v) is 4.28. The maximum Gasteiger partial charge on any atom is 0.429 e. The second kappa shape index (κ2) is 10.3. The van der Waals surface area contributed by atoms with Gasteiger partial charge in [0.25, 0.3) is 5.91 Å². The summed E-state index contributed by atoms with van der Waals surface area (Å²) in [6.45, 7) is 2.51. The number of alkyl halides is 3. The van der Waals surface area contributed by atoms with Crippen LogP contribution < -0.4 is 15.4 Å². The van der Waals surface area contributed by atoms with Gasteiger partial charge in [-0.3, -0.25) is 9.78 Å². The molecule has 0 unspecified atom stereocenters. The number of aryl methyl sites for hydroxylation is 1. The molecule has 200 valence electrons. The van der Waals surface area contributed by atoms with E-state index >= 15 is 0 Å². The zero-order valence-electron chi connectivity index (χ0n) is 21.1. The first-order valence-electron chi connectivity index (χ1n) is 12.4. The van der Waals surface area contributed by atoms with Crippen LogP contribution in [-0.4, -0.2) is 48.0 Å². The van der Waals surface area contributed by atoms with E-state index in [0.717, 1.165) is 17.2 Å². The molecule has 2 fully saturated rings. The van der Waals surface area contributed by atoms with Gasteiger partial charge in [0.15, 0.2) is 0 Å². The Balaban J connectivity index is 1.22. The van der Waals surface area contributed by atoms with Gasteiger partial charge in [-0.1, -0.05) is 6.07 Å². The molecular weight excluding hydrogens is 523 g/mol. The van der Waals surface area contributed by atoms with Crippen LogP contribution in [0.1, 0.15) is 21.5 Å². The minimum Gasteiger partial charge on any atom is -0.418 e. The van der Waals surface area contributed by atoms with Gasteiger partial charge in [0, 0.05) is 46.8 Å². The summed E-state index contributed by atoms with van der Waals surface area (Å²) in [5, 5.41) is 5.70. The summed E-state index contributed by atoms with van der Waals surface area (Å²) in [4.78, 5) is 26.0. The Morgan fingerprint density at radius 1 is 1.02 bits per heavy atom. The van der Waals surface area contributed by atoms with Gasteiger partial charge in [-0.15, -0.1) is 0 Å². The predicted octanol–water partition coefficient (Wildman–Crippen LogP) is 4.78. The van der Waals surface area contributed by atoms with E-state index in [1.807, 2.05) is 13.0 Å². The average molecular weight is 544 g/mol. The molecule has 40 heavy (non-hydrogen) atoms. The van der Waals surface area contributed by atoms with Crippen LogP contribution in [0.25, 0.3) is 11.3 Å². The van der Waals surface area contributed by atoms with Crippen LogP contribution in [0.2, 0.25) is 0 Å². The molecule has 2 aliphatic rings. The number of anilines is 4. The van der Waals surface area contributed by atoms with Crippen molar-refractivity contribution in [1.29, 1.82) is 0 Å². The molecule has 0 saturated carbocycles. The number of hydrogen-bond donors (Lipinski definition) is 2. The van der Waals surface area contributed by atoms with Crippen LogP contribution in [0.3, 0.4) is 0 Å². The van der Waals surface area contributed by atoms with E-state index in [2.05, 4.69) is 25.6 Å². The topological polar surface area (TPSA) is 108 Å². The van der Waals surface area contributed by atoms with Crippen molar-refractivity contribution in [2.75, 3.05) is 28.4 Å². The second-order valence-corrected chi connectivity index (χ2v) is 9.33. The lowest BCUT2D eigenvalue weighted by Crippen LogP contribution is -2.38. The number of nitrogens with zero attached hydrogens (tertiary/aromatic N) is 4. The molecule has 2 saturated heterocycles. The fourth-order valence-electron chi connectivity index (χ4n) is 4.28. The summed E-state index contributed by atoms with van der Waals surface area (Å²) in [7, 11) is -0.914. The maximum absolute atomic E-state index is 14.0. The van der Waals surface area contributed by atoms with Gasteiger partial charge in [-0.05, 0) is 61.0 Å². The second-order valence-electron chi connectivity index (χ2n) is 9.33. The lowest BCUT2D eigenvalue weighted by atomic mass is 9.75. The third-order valence-electron chi connectivity index (χ3n) is 6.45. The first-order chi connectivity index (χ1) is 19.3. The highest BCUT2D eigenvalue weighted by molar-refractivity contribution is 6.84. The van der Waals surface area contributed by atoms with E-state index in [-0.39, 0.29) is 16.9 Å². The number of carbonyl (C=O) groups excluding carboxylic acids is 1. The predicted molar refractivity (Wildman–Crippen MR) is 145 cm³/mol. The summed E-state index contributed by atoms with van der Waals surface area (Å²) in [6.07, 6.45) is 0.319. The summed E-state index contributed by atoms with van der Waals surface area (Å²) < 4.78 is 54.0. The number of aromatic nitrogens is 3. The van der Waals surface area contributed by atoms with Crippen molar-refractivity contribution in [2.45, 2.75) is 13.1 Å². The Labute approximate surface area is 228 Å². The Morgan fingerprint density at radius 2 is 1.80 bits per heavy atom. The fraction of sp³-hybridized carbons (Fsp3) is 0.154. The van der Waals surface area contributed by atoms with Gasteiger partial charge in [-0.25, -0.2) is 9.97 Å². The smallest absolute Gasteiger partial charge is 0.418 e. The standard InChI is InChI=1S/C26H21B2F3N6O3/c1-16-4-5-17(11-22(16)36-25-33-10-8-21(35-25)18-3-2-9-32-13-18)24(38)34-19-6-7-23(20(12-19)26(29,30)31)37(27-14-39-27)28-15-40-28/h2-13H,14-15H2,1H3,(H,34,38)(H,33,35,36). The molecule has 2 aromatic heterocycles. The molecule has 4 heterocycles. The largest absolute Gasteiger partial charge is 0.429 e. The highest BCUT2D eigenvalue weighted by Gasteiger charge is 2.52. The number of hydrogen-bond acceptors (Lipinski definition) is 8. The number of nitrogens with one attached hydrogen (secondary N) is 2. The highest BCUT2D eigenvalue weighted by Crippen LogP contribution is 2.41. The normalized spacial score (nSPS) is 14.1. The van der Waals surface area contributed by atoms with Crippen molar-refractivity contribution < 1.29 is 27.3 Å². The zero-order chi connectivity index (χ0) is 27.9. The molecule has 0 atom stereocenters. The molecular formula is C26H21B2F3N6O3. The monoisotopic (exact) mass is 544 g/mol. The van der Waals surface area contributed by atoms with Crippen molar-refractivity contribution in [1.82, 2.24) is 15.0 Å². The Bertz CT molecular complexity index is 1560. The first kappa shape index (κ1) is 25.8. The van der Waals surface area contributed by atoms with Gasteiger partial charge in [-0.2, -0.15) is 13.2 Å². The lowest BCUT2D eigenvalue weighted by Gasteiger charge is -2.24. The molecule has 1 amide bonds. The molecule has 2 aliphatic heterocycles. The van der Waals surface area contributed by atoms with E-state index in [1.54, 1.807) is 48.9 Å². The van der Waals surface area contributed by atoms with Crippen molar-refractivity contribution >= 4 is 43.0 Å². The number of pyridine rings is 1. The molecule has 9 nitrogen and oxygen atoms in total. The number of amides is 1. The Hall–Kier alpha value is -4.42. The van der Waals surface area contributed by atoms with Crippen molar-refractivity contribution in [2.24, 2.45) is 0 Å². The molecule has 2 aromatic carbocycles. The van der Waals surface area contributed by atoms with E-state index in [4.69, 9.17) is 9.31 Å². The summed E-state index contributed by atoms with van der Waals surface area (Å²) >= 11 is 0. The zero-order valence-corrected chi connectivity index (χ0v) is 21.1. The van der Waals surface area contributed by atoms with Gasteiger partial charge in [0.05, 0.1) is 24.3 Å². The SMILES string of the molecule is Cc1ccc(C(=O)Nc2ccc(N(B3CO3)B3CO3)c(C(F)(F)F)c2)cc1Nc1nccc(-c2cccnc2)n1. The number of benzene rings is 2. The number of rotatable bonds is 8. The van der Waals surface area contributed by atoms with Crippen molar-refractivity contribution in [3.63, 3.8) is 0 Å². The lowest BCUT2D eigenvalue weighted by molar-refractivity contribution is -0.136. The summed E-state index contributed by atoms with van der Waals surface area (Å²) in [6, 6.07) is 14.1. The van der Waals surface area contributed by atoms with Gasteiger partial charge < -0.3 is 24.7 Å². The molecule has 0 spiro atoms. The quantitative estimate of drug-likeness (QED) is 0.241. The van der Waals surface area contributed by atoms with Gasteiger partial charge in [0.2, 0.25) is 5.95 Å². The minimum absolute atomic E-state index is 0.0112. The van der Waals surface area contributed by atoms with Gasteiger partial charge >= 0.3 is 20.3 Å². The summed E-state index contributed by atoms with van der Waals surface area (Å²) in [5.74, 6) is -0.252. The Kier molecular flexibility index (Phi) is 6.64. The molecule has 0 bridgehead atoms. The van der Waals surface area contributed by atoms with Gasteiger partial charge in [0.1, 0.15) is 0 Å². The van der Waals surface area contributed by atoms with E-state index in [1.165, 1.54) is 16.9 Å². The third-order valence-corrected chi connectivity index (χ3v) is 6.45. The van der Waals surface area contributed by atoms with Crippen LogP contribution in [-0.2, 0) is 15.5 Å². The molecule has 4 aromatic rings. The van der Waals surface area contributed by atoms with Crippen LogP contribution in [0.15, 0.2) is 73.2 Å². The summed E-state index contributed by atoms with van der Waals surface area (Å²) in [5.41, 5.74) is 2.21. The molecule has 6 rings (SSSR count). The number of carbonyl (C=O) groups is 1.